The first-order chi connectivity index (χ1) is 10.3. The smallest absolute Gasteiger partial charge is 0.418 e. The molecular formula is C13H10N4O3S. The van der Waals surface area contributed by atoms with Crippen LogP contribution in [0.3, 0.4) is 0 Å². The third-order valence-corrected chi connectivity index (χ3v) is 3.40. The fourth-order valence-corrected chi connectivity index (χ4v) is 2.43. The lowest BCUT2D eigenvalue weighted by molar-refractivity contribution is 0.215. The maximum absolute atomic E-state index is 11.8. The van der Waals surface area contributed by atoms with E-state index in [-0.39, 0.29) is 0 Å². The number of carbonyl (C=O) groups is 1. The van der Waals surface area contributed by atoms with Crippen molar-refractivity contribution in [3.05, 3.63) is 36.7 Å². The van der Waals surface area contributed by atoms with Gasteiger partial charge in [-0.3, -0.25) is 5.32 Å². The molecule has 1 aromatic carbocycles. The largest absolute Gasteiger partial charge is 0.479 e. The van der Waals surface area contributed by atoms with E-state index in [9.17, 15) is 4.79 Å². The third-order valence-electron chi connectivity index (χ3n) is 2.52. The maximum atomic E-state index is 11.8. The van der Waals surface area contributed by atoms with E-state index in [0.717, 1.165) is 0 Å². The SMILES string of the molecule is COc1ncnc2sc(NC(=O)Oc3ccccc3)nc12. The summed E-state index contributed by atoms with van der Waals surface area (Å²) in [5.74, 6) is 0.814. The molecule has 3 aromatic rings. The van der Waals surface area contributed by atoms with Crippen molar-refractivity contribution in [3.8, 4) is 11.6 Å². The molecule has 2 aromatic heterocycles. The van der Waals surface area contributed by atoms with E-state index < -0.39 is 6.09 Å². The van der Waals surface area contributed by atoms with E-state index in [1.54, 1.807) is 24.3 Å². The highest BCUT2D eigenvalue weighted by Gasteiger charge is 2.13. The molecule has 0 aliphatic rings. The number of aromatic nitrogens is 3. The number of thiazole rings is 1. The van der Waals surface area contributed by atoms with Gasteiger partial charge in [-0.1, -0.05) is 29.5 Å². The van der Waals surface area contributed by atoms with Crippen molar-refractivity contribution in [2.45, 2.75) is 0 Å². The van der Waals surface area contributed by atoms with Crippen LogP contribution in [0.1, 0.15) is 0 Å². The van der Waals surface area contributed by atoms with Crippen LogP contribution in [0.15, 0.2) is 36.7 Å². The number of hydrogen-bond acceptors (Lipinski definition) is 7. The number of benzene rings is 1. The Morgan fingerprint density at radius 3 is 2.81 bits per heavy atom. The number of fused-ring (bicyclic) bond motifs is 1. The van der Waals surface area contributed by atoms with Crippen LogP contribution in [0, 0.1) is 0 Å². The van der Waals surface area contributed by atoms with Crippen LogP contribution in [0.4, 0.5) is 9.93 Å². The fraction of sp³-hybridized carbons (Fsp3) is 0.0769. The van der Waals surface area contributed by atoms with Crippen molar-refractivity contribution in [2.75, 3.05) is 12.4 Å². The van der Waals surface area contributed by atoms with Gasteiger partial charge in [-0.15, -0.1) is 0 Å². The zero-order chi connectivity index (χ0) is 14.7. The van der Waals surface area contributed by atoms with Gasteiger partial charge in [0.25, 0.3) is 0 Å². The van der Waals surface area contributed by atoms with Crippen LogP contribution in [0.5, 0.6) is 11.6 Å². The van der Waals surface area contributed by atoms with E-state index in [1.165, 1.54) is 24.8 Å². The van der Waals surface area contributed by atoms with E-state index in [2.05, 4.69) is 20.3 Å². The number of hydrogen-bond donors (Lipinski definition) is 1. The quantitative estimate of drug-likeness (QED) is 0.800. The van der Waals surface area contributed by atoms with Crippen molar-refractivity contribution in [3.63, 3.8) is 0 Å². The standard InChI is InChI=1S/C13H10N4O3S/c1-19-10-9-11(15-7-14-10)21-12(16-9)17-13(18)20-8-5-3-2-4-6-8/h2-7H,1H3,(H,16,17,18). The molecule has 7 nitrogen and oxygen atoms in total. The molecule has 0 aliphatic heterocycles. The van der Waals surface area contributed by atoms with Gasteiger partial charge in [-0.25, -0.2) is 14.8 Å². The predicted octanol–water partition coefficient (Wildman–Crippen LogP) is 2.71. The lowest BCUT2D eigenvalue weighted by atomic mass is 10.3. The molecule has 0 radical (unpaired) electrons. The summed E-state index contributed by atoms with van der Waals surface area (Å²) in [7, 11) is 1.50. The lowest BCUT2D eigenvalue weighted by Crippen LogP contribution is -2.16. The Morgan fingerprint density at radius 2 is 2.05 bits per heavy atom. The molecule has 0 unspecified atom stereocenters. The molecule has 1 amide bonds. The average Bonchev–Trinajstić information content (AvgIpc) is 2.90. The second-order valence-electron chi connectivity index (χ2n) is 3.88. The summed E-state index contributed by atoms with van der Waals surface area (Å²) in [4.78, 5) is 24.6. The Hall–Kier alpha value is -2.74. The van der Waals surface area contributed by atoms with Crippen LogP contribution in [0.25, 0.3) is 10.3 Å². The van der Waals surface area contributed by atoms with Crippen LogP contribution >= 0.6 is 11.3 Å². The third kappa shape index (κ3) is 2.90. The van der Waals surface area contributed by atoms with Gasteiger partial charge < -0.3 is 9.47 Å². The van der Waals surface area contributed by atoms with E-state index in [4.69, 9.17) is 9.47 Å². The second-order valence-corrected chi connectivity index (χ2v) is 4.86. The Bertz CT molecular complexity index is 775. The van der Waals surface area contributed by atoms with Crippen molar-refractivity contribution in [1.82, 2.24) is 15.0 Å². The number of para-hydroxylation sites is 1. The molecule has 2 heterocycles. The zero-order valence-corrected chi connectivity index (χ0v) is 11.8. The first-order valence-electron chi connectivity index (χ1n) is 5.95. The zero-order valence-electron chi connectivity index (χ0n) is 10.9. The highest BCUT2D eigenvalue weighted by molar-refractivity contribution is 7.22. The van der Waals surface area contributed by atoms with Crippen molar-refractivity contribution < 1.29 is 14.3 Å². The van der Waals surface area contributed by atoms with Crippen LogP contribution in [-0.2, 0) is 0 Å². The van der Waals surface area contributed by atoms with Gasteiger partial charge in [-0.05, 0) is 12.1 Å². The number of amides is 1. The van der Waals surface area contributed by atoms with Crippen molar-refractivity contribution in [2.24, 2.45) is 0 Å². The Kier molecular flexibility index (Phi) is 3.61. The minimum Gasteiger partial charge on any atom is -0.479 e. The normalized spacial score (nSPS) is 10.3. The number of ether oxygens (including phenoxy) is 2. The second kappa shape index (κ2) is 5.71. The molecule has 0 spiro atoms. The molecule has 0 saturated carbocycles. The van der Waals surface area contributed by atoms with Gasteiger partial charge >= 0.3 is 6.09 Å². The average molecular weight is 302 g/mol. The molecule has 0 atom stereocenters. The lowest BCUT2D eigenvalue weighted by Gasteiger charge is -2.03. The molecule has 21 heavy (non-hydrogen) atoms. The Morgan fingerprint density at radius 1 is 1.24 bits per heavy atom. The molecule has 0 aliphatic carbocycles. The van der Waals surface area contributed by atoms with Crippen LogP contribution in [-0.4, -0.2) is 28.2 Å². The molecule has 8 heteroatoms. The molecule has 0 bridgehead atoms. The summed E-state index contributed by atoms with van der Waals surface area (Å²) in [6.45, 7) is 0. The summed E-state index contributed by atoms with van der Waals surface area (Å²) in [5, 5.41) is 2.92. The minimum absolute atomic E-state index is 0.362. The molecule has 106 valence electrons. The summed E-state index contributed by atoms with van der Waals surface area (Å²) < 4.78 is 10.2. The van der Waals surface area contributed by atoms with Crippen LogP contribution in [0.2, 0.25) is 0 Å². The minimum atomic E-state index is -0.618. The van der Waals surface area contributed by atoms with E-state index >= 15 is 0 Å². The summed E-state index contributed by atoms with van der Waals surface area (Å²) in [5.41, 5.74) is 0.500. The number of rotatable bonds is 3. The van der Waals surface area contributed by atoms with Crippen molar-refractivity contribution >= 4 is 32.9 Å². The predicted molar refractivity (Wildman–Crippen MR) is 77.9 cm³/mol. The first-order valence-corrected chi connectivity index (χ1v) is 6.77. The summed E-state index contributed by atoms with van der Waals surface area (Å²) >= 11 is 1.21. The number of methoxy groups -OCH3 is 1. The molecule has 1 N–H and O–H groups in total. The monoisotopic (exact) mass is 302 g/mol. The molecule has 0 saturated heterocycles. The Balaban J connectivity index is 1.77. The van der Waals surface area contributed by atoms with E-state index in [0.29, 0.717) is 27.1 Å². The van der Waals surface area contributed by atoms with Gasteiger partial charge in [0, 0.05) is 0 Å². The molecule has 3 rings (SSSR count). The number of anilines is 1. The van der Waals surface area contributed by atoms with Crippen LogP contribution < -0.4 is 14.8 Å². The van der Waals surface area contributed by atoms with E-state index in [1.807, 2.05) is 6.07 Å². The first kappa shape index (κ1) is 13.3. The number of nitrogens with one attached hydrogen (secondary N) is 1. The highest BCUT2D eigenvalue weighted by Crippen LogP contribution is 2.28. The van der Waals surface area contributed by atoms with Gasteiger partial charge in [0.15, 0.2) is 15.5 Å². The number of carbonyl (C=O) groups excluding carboxylic acids is 1. The molecular weight excluding hydrogens is 292 g/mol. The number of nitrogens with zero attached hydrogens (tertiary/aromatic N) is 3. The molecule has 0 fully saturated rings. The van der Waals surface area contributed by atoms with Gasteiger partial charge in [0.05, 0.1) is 7.11 Å². The summed E-state index contributed by atoms with van der Waals surface area (Å²) in [6, 6.07) is 8.77. The van der Waals surface area contributed by atoms with Gasteiger partial charge in [0.2, 0.25) is 5.88 Å². The topological polar surface area (TPSA) is 86.2 Å². The fourth-order valence-electron chi connectivity index (χ4n) is 1.65. The summed E-state index contributed by atoms with van der Waals surface area (Å²) in [6.07, 6.45) is 0.762. The van der Waals surface area contributed by atoms with Crippen molar-refractivity contribution in [1.29, 1.82) is 0 Å². The van der Waals surface area contributed by atoms with Gasteiger partial charge in [-0.2, -0.15) is 4.98 Å². The van der Waals surface area contributed by atoms with Gasteiger partial charge in [0.1, 0.15) is 12.1 Å². The Labute approximate surface area is 123 Å². The highest BCUT2D eigenvalue weighted by atomic mass is 32.1. The maximum Gasteiger partial charge on any atom is 0.418 e.